The van der Waals surface area contributed by atoms with Crippen LogP contribution in [0.1, 0.15) is 28.8 Å². The van der Waals surface area contributed by atoms with Crippen molar-refractivity contribution in [3.8, 4) is 0 Å². The molecule has 11 nitrogen and oxygen atoms in total. The summed E-state index contributed by atoms with van der Waals surface area (Å²) in [5.41, 5.74) is -3.34. The second-order valence-electron chi connectivity index (χ2n) is 9.61. The van der Waals surface area contributed by atoms with E-state index in [-0.39, 0.29) is 31.2 Å². The van der Waals surface area contributed by atoms with Gasteiger partial charge in [-0.3, -0.25) is 9.59 Å². The molecule has 1 aromatic heterocycles. The molecular weight excluding hydrogens is 616 g/mol. The van der Waals surface area contributed by atoms with Crippen molar-refractivity contribution in [1.82, 2.24) is 20.2 Å². The molecule has 1 heterocycles. The molecule has 3 aromatic rings. The number of nitrogens with one attached hydrogen (secondary N) is 3. The van der Waals surface area contributed by atoms with Gasteiger partial charge in [0.15, 0.2) is 0 Å². The fourth-order valence-electron chi connectivity index (χ4n) is 3.91. The molecule has 0 aliphatic rings. The number of ether oxygens (including phenoxy) is 2. The van der Waals surface area contributed by atoms with Gasteiger partial charge in [-0.15, -0.1) is 0 Å². The lowest BCUT2D eigenvalue weighted by atomic mass is 10.1. The highest BCUT2D eigenvalue weighted by Crippen LogP contribution is 2.37. The van der Waals surface area contributed by atoms with Gasteiger partial charge in [-0.25, -0.2) is 14.6 Å². The lowest BCUT2D eigenvalue weighted by Gasteiger charge is -2.22. The molecule has 3 rings (SSSR count). The Morgan fingerprint density at radius 2 is 1.53 bits per heavy atom. The summed E-state index contributed by atoms with van der Waals surface area (Å²) in [6.07, 6.45) is -8.39. The minimum Gasteiger partial charge on any atom is -0.467 e. The summed E-state index contributed by atoms with van der Waals surface area (Å²) in [4.78, 5) is 55.1. The highest BCUT2D eigenvalue weighted by molar-refractivity contribution is 5.96. The van der Waals surface area contributed by atoms with Crippen LogP contribution in [0.3, 0.4) is 0 Å². The van der Waals surface area contributed by atoms with Crippen LogP contribution in [0.15, 0.2) is 61.1 Å². The second kappa shape index (κ2) is 14.6. The van der Waals surface area contributed by atoms with Gasteiger partial charge < -0.3 is 30.0 Å². The van der Waals surface area contributed by atoms with Crippen LogP contribution in [0.5, 0.6) is 0 Å². The van der Waals surface area contributed by atoms with Crippen LogP contribution in [-0.4, -0.2) is 52.6 Å². The van der Waals surface area contributed by atoms with Crippen molar-refractivity contribution in [2.75, 3.05) is 12.4 Å². The fraction of sp³-hybridized carbons (Fsp3) is 0.321. The first kappa shape index (κ1) is 34.4. The van der Waals surface area contributed by atoms with Crippen molar-refractivity contribution in [2.24, 2.45) is 7.05 Å². The molecule has 0 aliphatic carbocycles. The Morgan fingerprint density at radius 3 is 2.07 bits per heavy atom. The molecule has 3 N–H and O–H groups in total. The van der Waals surface area contributed by atoms with E-state index in [1.807, 2.05) is 10.6 Å². The van der Waals surface area contributed by atoms with Crippen molar-refractivity contribution < 1.29 is 55.0 Å². The molecule has 0 unspecified atom stereocenters. The van der Waals surface area contributed by atoms with E-state index in [1.165, 1.54) is 6.33 Å². The smallest absolute Gasteiger partial charge is 0.416 e. The number of rotatable bonds is 11. The molecule has 0 saturated carbocycles. The number of methoxy groups -OCH3 is 1. The van der Waals surface area contributed by atoms with Gasteiger partial charge in [-0.05, 0) is 23.8 Å². The highest BCUT2D eigenvalue weighted by atomic mass is 19.4. The van der Waals surface area contributed by atoms with Crippen LogP contribution in [0.4, 0.5) is 36.8 Å². The maximum atomic E-state index is 13.3. The number of benzene rings is 2. The quantitative estimate of drug-likeness (QED) is 0.212. The van der Waals surface area contributed by atoms with Crippen LogP contribution in [-0.2, 0) is 56.3 Å². The van der Waals surface area contributed by atoms with Gasteiger partial charge in [-0.1, -0.05) is 30.3 Å². The van der Waals surface area contributed by atoms with Gasteiger partial charge in [0, 0.05) is 25.4 Å². The van der Waals surface area contributed by atoms with Crippen molar-refractivity contribution in [3.63, 3.8) is 0 Å². The highest BCUT2D eigenvalue weighted by Gasteiger charge is 2.37. The second-order valence-corrected chi connectivity index (χ2v) is 9.61. The zero-order valence-corrected chi connectivity index (χ0v) is 23.7. The number of urea groups is 1. The zero-order chi connectivity index (χ0) is 33.4. The SMILES string of the molecule is COC(=O)[C@H](Cc1cn(C)cn1)NC(=O)[C@H](CC(=O)OCc1ccccc1)NC(=O)Nc1cc(C(F)(F)F)cc(C(F)(F)F)c1. The van der Waals surface area contributed by atoms with Crippen molar-refractivity contribution in [3.05, 3.63) is 83.4 Å². The van der Waals surface area contributed by atoms with Crippen LogP contribution in [0.25, 0.3) is 0 Å². The molecule has 0 spiro atoms. The number of amides is 3. The van der Waals surface area contributed by atoms with E-state index in [4.69, 9.17) is 9.47 Å². The molecule has 0 bridgehead atoms. The third-order valence-electron chi connectivity index (χ3n) is 6.05. The first-order valence-corrected chi connectivity index (χ1v) is 13.0. The third-order valence-corrected chi connectivity index (χ3v) is 6.05. The van der Waals surface area contributed by atoms with Gasteiger partial charge >= 0.3 is 30.3 Å². The van der Waals surface area contributed by atoms with Crippen LogP contribution < -0.4 is 16.0 Å². The number of hydrogen-bond acceptors (Lipinski definition) is 7. The average Bonchev–Trinajstić information content (AvgIpc) is 3.38. The van der Waals surface area contributed by atoms with E-state index in [1.54, 1.807) is 48.1 Å². The molecule has 45 heavy (non-hydrogen) atoms. The van der Waals surface area contributed by atoms with Crippen molar-refractivity contribution in [2.45, 2.75) is 43.9 Å². The molecule has 17 heteroatoms. The predicted molar refractivity (Wildman–Crippen MR) is 144 cm³/mol. The van der Waals surface area contributed by atoms with Gasteiger partial charge in [0.25, 0.3) is 0 Å². The molecule has 2 atom stereocenters. The molecule has 242 valence electrons. The summed E-state index contributed by atoms with van der Waals surface area (Å²) in [5.74, 6) is -3.03. The largest absolute Gasteiger partial charge is 0.467 e. The summed E-state index contributed by atoms with van der Waals surface area (Å²) in [5, 5.41) is 6.19. The summed E-state index contributed by atoms with van der Waals surface area (Å²) < 4.78 is 91.0. The van der Waals surface area contributed by atoms with Gasteiger partial charge in [0.1, 0.15) is 18.7 Å². The average molecular weight is 644 g/mol. The number of aromatic nitrogens is 2. The van der Waals surface area contributed by atoms with Crippen LogP contribution in [0, 0.1) is 0 Å². The van der Waals surface area contributed by atoms with Gasteiger partial charge in [-0.2, -0.15) is 26.3 Å². The number of halogens is 6. The number of carbonyl (C=O) groups excluding carboxylic acids is 4. The molecule has 0 saturated heterocycles. The first-order valence-electron chi connectivity index (χ1n) is 13.0. The number of imidazole rings is 1. The third kappa shape index (κ3) is 10.5. The summed E-state index contributed by atoms with van der Waals surface area (Å²) in [6.45, 7) is -0.213. The topological polar surface area (TPSA) is 141 Å². The number of carbonyl (C=O) groups is 4. The lowest BCUT2D eigenvalue weighted by Crippen LogP contribution is -2.54. The summed E-state index contributed by atoms with van der Waals surface area (Å²) in [6, 6.07) is 4.16. The minimum atomic E-state index is -5.18. The van der Waals surface area contributed by atoms with E-state index in [0.717, 1.165) is 7.11 Å². The lowest BCUT2D eigenvalue weighted by molar-refractivity contribution is -0.148. The Morgan fingerprint density at radius 1 is 0.911 bits per heavy atom. The monoisotopic (exact) mass is 643 g/mol. The predicted octanol–water partition coefficient (Wildman–Crippen LogP) is 3.98. The number of aryl methyl sites for hydroxylation is 1. The molecule has 0 radical (unpaired) electrons. The van der Waals surface area contributed by atoms with Crippen molar-refractivity contribution >= 4 is 29.6 Å². The van der Waals surface area contributed by atoms with Gasteiger partial charge in [0.05, 0.1) is 36.7 Å². The molecule has 0 aliphatic heterocycles. The van der Waals surface area contributed by atoms with Crippen molar-refractivity contribution in [1.29, 1.82) is 0 Å². The molecule has 0 fully saturated rings. The maximum Gasteiger partial charge on any atom is 0.416 e. The molecular formula is C28H27F6N5O6. The Hall–Kier alpha value is -5.09. The Bertz CT molecular complexity index is 1480. The Kier molecular flexibility index (Phi) is 11.2. The number of anilines is 1. The van der Waals surface area contributed by atoms with E-state index >= 15 is 0 Å². The van der Waals surface area contributed by atoms with E-state index in [2.05, 4.69) is 10.3 Å². The molecule has 3 amide bonds. The van der Waals surface area contributed by atoms with Crippen LogP contribution >= 0.6 is 0 Å². The molecule has 2 aromatic carbocycles. The summed E-state index contributed by atoms with van der Waals surface area (Å²) in [7, 11) is 2.71. The van der Waals surface area contributed by atoms with E-state index < -0.39 is 71.5 Å². The summed E-state index contributed by atoms with van der Waals surface area (Å²) >= 11 is 0. The standard InChI is InChI=1S/C28H27F6N5O6/c1-39-13-20(35-15-39)11-22(25(42)44-2)37-24(41)21(12-23(40)45-14-16-6-4-3-5-7-16)38-26(43)36-19-9-17(27(29,30)31)8-18(10-19)28(32,33)34/h3-10,13,15,21-22H,11-12,14H2,1-2H3,(H,37,41)(H2,36,38,43)/t21-,22-/m0/s1. The Labute approximate surface area is 251 Å². The number of nitrogens with zero attached hydrogens (tertiary/aromatic N) is 2. The number of alkyl halides is 6. The van der Waals surface area contributed by atoms with Crippen LogP contribution in [0.2, 0.25) is 0 Å². The fourth-order valence-corrected chi connectivity index (χ4v) is 3.91. The van der Waals surface area contributed by atoms with E-state index in [9.17, 15) is 45.5 Å². The first-order chi connectivity index (χ1) is 21.0. The normalized spacial score (nSPS) is 12.9. The van der Waals surface area contributed by atoms with Gasteiger partial charge in [0.2, 0.25) is 5.91 Å². The van der Waals surface area contributed by atoms with E-state index in [0.29, 0.717) is 11.3 Å². The Balaban J connectivity index is 1.83. The minimum absolute atomic E-state index is 0.128. The maximum absolute atomic E-state index is 13.3. The number of hydrogen-bond donors (Lipinski definition) is 3. The zero-order valence-electron chi connectivity index (χ0n) is 23.7. The number of esters is 2.